The molecule has 0 saturated heterocycles. The second-order valence-corrected chi connectivity index (χ2v) is 4.61. The number of hydrogen-bond acceptors (Lipinski definition) is 2. The van der Waals surface area contributed by atoms with Gasteiger partial charge in [0, 0.05) is 24.3 Å². The van der Waals surface area contributed by atoms with Crippen molar-refractivity contribution in [3.05, 3.63) is 17.5 Å². The number of aromatic amines is 1. The minimum atomic E-state index is 0.753. The summed E-state index contributed by atoms with van der Waals surface area (Å²) in [5.41, 5.74) is 2.74. The number of nitrogens with zero attached hydrogens (tertiary/aromatic N) is 2. The molecule has 0 amide bonds. The van der Waals surface area contributed by atoms with Crippen molar-refractivity contribution in [1.29, 1.82) is 0 Å². The van der Waals surface area contributed by atoms with Gasteiger partial charge in [0.25, 0.3) is 0 Å². The molecule has 0 atom stereocenters. The van der Waals surface area contributed by atoms with E-state index in [4.69, 9.17) is 0 Å². The summed E-state index contributed by atoms with van der Waals surface area (Å²) >= 11 is 0. The van der Waals surface area contributed by atoms with Gasteiger partial charge in [-0.3, -0.25) is 10.00 Å². The molecule has 0 aliphatic carbocycles. The van der Waals surface area contributed by atoms with E-state index in [0.717, 1.165) is 18.9 Å². The van der Waals surface area contributed by atoms with Crippen LogP contribution in [0.4, 0.5) is 0 Å². The highest BCUT2D eigenvalue weighted by Crippen LogP contribution is 2.16. The Morgan fingerprint density at radius 1 is 1.57 bits per heavy atom. The number of aromatic nitrogens is 2. The Hall–Kier alpha value is -0.830. The lowest BCUT2D eigenvalue weighted by Crippen LogP contribution is -2.27. The highest BCUT2D eigenvalue weighted by atomic mass is 15.2. The van der Waals surface area contributed by atoms with Crippen molar-refractivity contribution >= 4 is 0 Å². The van der Waals surface area contributed by atoms with Gasteiger partial charge in [0.15, 0.2) is 0 Å². The van der Waals surface area contributed by atoms with Gasteiger partial charge in [-0.25, -0.2) is 0 Å². The van der Waals surface area contributed by atoms with E-state index >= 15 is 0 Å². The second kappa shape index (κ2) is 4.13. The van der Waals surface area contributed by atoms with Crippen molar-refractivity contribution in [1.82, 2.24) is 15.1 Å². The van der Waals surface area contributed by atoms with Crippen LogP contribution in [0.2, 0.25) is 0 Å². The van der Waals surface area contributed by atoms with Crippen LogP contribution in [0.5, 0.6) is 0 Å². The Balaban J connectivity index is 2.04. The summed E-state index contributed by atoms with van der Waals surface area (Å²) in [4.78, 5) is 2.53. The maximum absolute atomic E-state index is 4.11. The molecule has 1 aromatic heterocycles. The summed E-state index contributed by atoms with van der Waals surface area (Å²) in [6.07, 6.45) is 4.39. The van der Waals surface area contributed by atoms with Gasteiger partial charge >= 0.3 is 0 Å². The molecule has 0 radical (unpaired) electrons. The van der Waals surface area contributed by atoms with E-state index in [1.165, 1.54) is 30.8 Å². The van der Waals surface area contributed by atoms with Crippen LogP contribution < -0.4 is 0 Å². The van der Waals surface area contributed by atoms with E-state index in [-0.39, 0.29) is 0 Å². The molecule has 0 spiro atoms. The second-order valence-electron chi connectivity index (χ2n) is 4.61. The first-order valence-electron chi connectivity index (χ1n) is 5.49. The monoisotopic (exact) mass is 193 g/mol. The molecule has 3 nitrogen and oxygen atoms in total. The first-order chi connectivity index (χ1) is 6.75. The molecule has 2 heterocycles. The zero-order chi connectivity index (χ0) is 9.97. The topological polar surface area (TPSA) is 31.9 Å². The number of nitrogens with one attached hydrogen (secondary N) is 1. The molecule has 0 aromatic carbocycles. The van der Waals surface area contributed by atoms with Gasteiger partial charge in [0.2, 0.25) is 0 Å². The first kappa shape index (κ1) is 9.71. The number of rotatable bonds is 2. The molecule has 3 heteroatoms. The Morgan fingerprint density at radius 2 is 2.43 bits per heavy atom. The third-order valence-corrected chi connectivity index (χ3v) is 2.73. The molecule has 78 valence electrons. The van der Waals surface area contributed by atoms with Crippen molar-refractivity contribution in [2.75, 3.05) is 13.1 Å². The Labute approximate surface area is 85.5 Å². The van der Waals surface area contributed by atoms with Crippen molar-refractivity contribution in [2.45, 2.75) is 33.2 Å². The van der Waals surface area contributed by atoms with Gasteiger partial charge in [0.05, 0.1) is 6.20 Å². The van der Waals surface area contributed by atoms with Crippen LogP contribution in [0.3, 0.4) is 0 Å². The van der Waals surface area contributed by atoms with Crippen LogP contribution in [0, 0.1) is 5.92 Å². The summed E-state index contributed by atoms with van der Waals surface area (Å²) in [5.74, 6) is 0.753. The summed E-state index contributed by atoms with van der Waals surface area (Å²) < 4.78 is 0. The zero-order valence-electron chi connectivity index (χ0n) is 9.08. The van der Waals surface area contributed by atoms with E-state index in [1.807, 2.05) is 6.20 Å². The normalized spacial score (nSPS) is 18.2. The lowest BCUT2D eigenvalue weighted by atomic mass is 10.2. The fourth-order valence-electron chi connectivity index (χ4n) is 2.16. The molecule has 0 bridgehead atoms. The van der Waals surface area contributed by atoms with E-state index in [9.17, 15) is 0 Å². The minimum absolute atomic E-state index is 0.753. The average Bonchev–Trinajstić information content (AvgIpc) is 2.44. The first-order valence-corrected chi connectivity index (χ1v) is 5.49. The predicted molar refractivity (Wildman–Crippen MR) is 57.0 cm³/mol. The van der Waals surface area contributed by atoms with Crippen LogP contribution in [-0.2, 0) is 13.0 Å². The quantitative estimate of drug-likeness (QED) is 0.777. The van der Waals surface area contributed by atoms with Gasteiger partial charge in [-0.1, -0.05) is 13.8 Å². The van der Waals surface area contributed by atoms with Crippen molar-refractivity contribution in [3.63, 3.8) is 0 Å². The fourth-order valence-corrected chi connectivity index (χ4v) is 2.16. The molecular weight excluding hydrogens is 174 g/mol. The molecular formula is C11H19N3. The highest BCUT2D eigenvalue weighted by Gasteiger charge is 2.15. The number of H-pyrrole nitrogens is 1. The smallest absolute Gasteiger partial charge is 0.0535 e. The average molecular weight is 193 g/mol. The van der Waals surface area contributed by atoms with Gasteiger partial charge in [-0.15, -0.1) is 0 Å². The van der Waals surface area contributed by atoms with E-state index in [1.54, 1.807) is 0 Å². The van der Waals surface area contributed by atoms with Crippen LogP contribution in [0.1, 0.15) is 31.5 Å². The van der Waals surface area contributed by atoms with E-state index in [0.29, 0.717) is 0 Å². The lowest BCUT2D eigenvalue weighted by molar-refractivity contribution is 0.239. The molecule has 0 fully saturated rings. The number of fused-ring (bicyclic) bond motifs is 1. The number of hydrogen-bond donors (Lipinski definition) is 1. The minimum Gasteiger partial charge on any atom is -0.299 e. The molecule has 2 rings (SSSR count). The van der Waals surface area contributed by atoms with Gasteiger partial charge in [0.1, 0.15) is 0 Å². The van der Waals surface area contributed by atoms with Crippen LogP contribution in [-0.4, -0.2) is 28.2 Å². The largest absolute Gasteiger partial charge is 0.299 e. The fraction of sp³-hybridized carbons (Fsp3) is 0.727. The summed E-state index contributed by atoms with van der Waals surface area (Å²) in [5, 5.41) is 7.20. The predicted octanol–water partition coefficient (Wildman–Crippen LogP) is 1.81. The maximum Gasteiger partial charge on any atom is 0.0535 e. The molecule has 0 saturated carbocycles. The third-order valence-electron chi connectivity index (χ3n) is 2.73. The van der Waals surface area contributed by atoms with Crippen LogP contribution in [0.25, 0.3) is 0 Å². The summed E-state index contributed by atoms with van der Waals surface area (Å²) in [7, 11) is 0. The third kappa shape index (κ3) is 2.15. The van der Waals surface area contributed by atoms with Crippen LogP contribution in [0.15, 0.2) is 6.20 Å². The molecule has 1 aliphatic rings. The molecule has 0 unspecified atom stereocenters. The lowest BCUT2D eigenvalue weighted by Gasteiger charge is -2.21. The van der Waals surface area contributed by atoms with Crippen molar-refractivity contribution in [3.8, 4) is 0 Å². The standard InChI is InChI=1S/C11H19N3/c1-9(2)7-14-5-3-4-11-10(8-14)6-12-13-11/h6,9H,3-5,7-8H2,1-2H3,(H,12,13). The Kier molecular flexibility index (Phi) is 2.87. The molecule has 1 aromatic rings. The highest BCUT2D eigenvalue weighted by molar-refractivity contribution is 5.17. The van der Waals surface area contributed by atoms with Crippen LogP contribution >= 0.6 is 0 Å². The summed E-state index contributed by atoms with van der Waals surface area (Å²) in [6, 6.07) is 0. The van der Waals surface area contributed by atoms with E-state index in [2.05, 4.69) is 28.9 Å². The van der Waals surface area contributed by atoms with Gasteiger partial charge in [-0.2, -0.15) is 5.10 Å². The van der Waals surface area contributed by atoms with Crippen molar-refractivity contribution in [2.24, 2.45) is 5.92 Å². The van der Waals surface area contributed by atoms with E-state index < -0.39 is 0 Å². The van der Waals surface area contributed by atoms with Gasteiger partial charge < -0.3 is 0 Å². The maximum atomic E-state index is 4.11. The number of aryl methyl sites for hydroxylation is 1. The van der Waals surface area contributed by atoms with Crippen molar-refractivity contribution < 1.29 is 0 Å². The Bertz CT molecular complexity index is 290. The SMILES string of the molecule is CC(C)CN1CCCc2[nH]ncc2C1. The molecule has 1 aliphatic heterocycles. The summed E-state index contributed by atoms with van der Waals surface area (Å²) in [6.45, 7) is 8.05. The molecule has 14 heavy (non-hydrogen) atoms. The Morgan fingerprint density at radius 3 is 3.21 bits per heavy atom. The zero-order valence-corrected chi connectivity index (χ0v) is 9.08. The van der Waals surface area contributed by atoms with Gasteiger partial charge in [-0.05, 0) is 25.3 Å². The molecule has 1 N–H and O–H groups in total.